The monoisotopic (exact) mass is 360 g/mol. The van der Waals surface area contributed by atoms with E-state index >= 15 is 0 Å². The first kappa shape index (κ1) is 20.7. The van der Waals surface area contributed by atoms with Gasteiger partial charge in [-0.05, 0) is 46.5 Å². The van der Waals surface area contributed by atoms with E-state index in [-0.39, 0.29) is 12.1 Å². The van der Waals surface area contributed by atoms with Crippen LogP contribution in [0.4, 0.5) is 4.79 Å². The van der Waals surface area contributed by atoms with Crippen LogP contribution in [-0.4, -0.2) is 74.6 Å². The maximum Gasteiger partial charge on any atom is 0.317 e. The third kappa shape index (κ3) is 5.99. The summed E-state index contributed by atoms with van der Waals surface area (Å²) in [4.78, 5) is 18.8. The fourth-order valence-corrected chi connectivity index (χ4v) is 3.64. The average molecular weight is 361 g/mol. The van der Waals surface area contributed by atoms with Crippen molar-refractivity contribution in [1.82, 2.24) is 20.0 Å². The third-order valence-electron chi connectivity index (χ3n) is 5.61. The molecule has 1 atom stereocenters. The van der Waals surface area contributed by atoms with E-state index in [1.165, 1.54) is 36.8 Å². The molecule has 1 saturated carbocycles. The molecule has 0 heterocycles. The lowest BCUT2D eigenvalue weighted by Crippen LogP contribution is -2.44. The van der Waals surface area contributed by atoms with Crippen molar-refractivity contribution in [3.8, 4) is 0 Å². The third-order valence-corrected chi connectivity index (χ3v) is 5.61. The van der Waals surface area contributed by atoms with Gasteiger partial charge in [-0.25, -0.2) is 4.79 Å². The van der Waals surface area contributed by atoms with Crippen LogP contribution in [0.15, 0.2) is 24.3 Å². The summed E-state index contributed by atoms with van der Waals surface area (Å²) in [6, 6.07) is 9.42. The predicted molar refractivity (Wildman–Crippen MR) is 109 cm³/mol. The zero-order valence-electron chi connectivity index (χ0n) is 17.2. The molecule has 0 radical (unpaired) electrons. The second-order valence-electron chi connectivity index (χ2n) is 7.92. The van der Waals surface area contributed by atoms with Crippen LogP contribution in [0.5, 0.6) is 0 Å². The lowest BCUT2D eigenvalue weighted by molar-refractivity contribution is 0.184. The maximum atomic E-state index is 12.5. The summed E-state index contributed by atoms with van der Waals surface area (Å²) < 4.78 is 0. The fraction of sp³-hybridized carbons (Fsp3) is 0.667. The van der Waals surface area contributed by atoms with Gasteiger partial charge in [0.25, 0.3) is 0 Å². The predicted octanol–water partition coefficient (Wildman–Crippen LogP) is 3.11. The lowest BCUT2D eigenvalue weighted by atomic mass is 10.0. The standard InChI is InChI=1S/C21H36N4O/c1-17-10-12-18(13-11-17)20(23(2)3)16-22-21(26)25(5)15-14-24(4)19-8-6-7-9-19/h10-13,19-20H,6-9,14-16H2,1-5H3,(H,22,26)/t20-/m1/s1. The molecule has 0 bridgehead atoms. The van der Waals surface area contributed by atoms with Gasteiger partial charge in [0.05, 0.1) is 6.04 Å². The van der Waals surface area contributed by atoms with Crippen LogP contribution in [-0.2, 0) is 0 Å². The molecule has 1 aliphatic rings. The van der Waals surface area contributed by atoms with Crippen molar-refractivity contribution in [3.63, 3.8) is 0 Å². The number of aryl methyl sites for hydroxylation is 1. The van der Waals surface area contributed by atoms with E-state index in [9.17, 15) is 4.79 Å². The molecule has 26 heavy (non-hydrogen) atoms. The van der Waals surface area contributed by atoms with Crippen LogP contribution in [0.2, 0.25) is 0 Å². The molecule has 0 unspecified atom stereocenters. The zero-order valence-corrected chi connectivity index (χ0v) is 17.2. The molecule has 2 rings (SSSR count). The second kappa shape index (κ2) is 9.93. The molecule has 1 N–H and O–H groups in total. The smallest absolute Gasteiger partial charge is 0.317 e. The van der Waals surface area contributed by atoms with Crippen molar-refractivity contribution in [1.29, 1.82) is 0 Å². The van der Waals surface area contributed by atoms with Gasteiger partial charge >= 0.3 is 6.03 Å². The molecule has 0 saturated heterocycles. The van der Waals surface area contributed by atoms with Crippen molar-refractivity contribution in [2.45, 2.75) is 44.7 Å². The summed E-state index contributed by atoms with van der Waals surface area (Å²) >= 11 is 0. The maximum absolute atomic E-state index is 12.5. The highest BCUT2D eigenvalue weighted by Crippen LogP contribution is 2.22. The number of likely N-dealkylation sites (N-methyl/N-ethyl adjacent to an activating group) is 3. The van der Waals surface area contributed by atoms with Gasteiger partial charge in [0.15, 0.2) is 0 Å². The number of nitrogens with zero attached hydrogens (tertiary/aromatic N) is 3. The molecule has 146 valence electrons. The lowest BCUT2D eigenvalue weighted by Gasteiger charge is -2.28. The van der Waals surface area contributed by atoms with E-state index in [4.69, 9.17) is 0 Å². The molecule has 5 nitrogen and oxygen atoms in total. The minimum Gasteiger partial charge on any atom is -0.336 e. The number of urea groups is 1. The summed E-state index contributed by atoms with van der Waals surface area (Å²) in [6.07, 6.45) is 5.29. The van der Waals surface area contributed by atoms with Gasteiger partial charge in [-0.3, -0.25) is 0 Å². The van der Waals surface area contributed by atoms with E-state index in [1.54, 1.807) is 4.90 Å². The average Bonchev–Trinajstić information content (AvgIpc) is 3.15. The Kier molecular flexibility index (Phi) is 7.91. The molecule has 1 aromatic rings. The molecule has 5 heteroatoms. The number of hydrogen-bond donors (Lipinski definition) is 1. The topological polar surface area (TPSA) is 38.8 Å². The number of rotatable bonds is 8. The molecule has 1 aromatic carbocycles. The van der Waals surface area contributed by atoms with Crippen LogP contribution in [0, 0.1) is 6.92 Å². The van der Waals surface area contributed by atoms with Gasteiger partial charge in [-0.1, -0.05) is 42.7 Å². The first-order valence-electron chi connectivity index (χ1n) is 9.80. The summed E-state index contributed by atoms with van der Waals surface area (Å²) in [7, 11) is 8.17. The van der Waals surface area contributed by atoms with Gasteiger partial charge in [-0.15, -0.1) is 0 Å². The Labute approximate surface area is 159 Å². The normalized spacial score (nSPS) is 16.3. The van der Waals surface area contributed by atoms with E-state index < -0.39 is 0 Å². The Morgan fingerprint density at radius 3 is 2.27 bits per heavy atom. The molecule has 2 amide bonds. The molecular formula is C21H36N4O. The quantitative estimate of drug-likeness (QED) is 0.774. The van der Waals surface area contributed by atoms with Crippen molar-refractivity contribution >= 4 is 6.03 Å². The molecule has 1 fully saturated rings. The van der Waals surface area contributed by atoms with Crippen molar-refractivity contribution in [2.24, 2.45) is 0 Å². The Bertz CT molecular complexity index is 552. The summed E-state index contributed by atoms with van der Waals surface area (Å²) in [5.74, 6) is 0. The summed E-state index contributed by atoms with van der Waals surface area (Å²) in [5.41, 5.74) is 2.48. The van der Waals surface area contributed by atoms with Gasteiger partial charge in [0, 0.05) is 32.7 Å². The van der Waals surface area contributed by atoms with Crippen molar-refractivity contribution in [2.75, 3.05) is 47.8 Å². The van der Waals surface area contributed by atoms with E-state index in [0.29, 0.717) is 12.6 Å². The highest BCUT2D eigenvalue weighted by atomic mass is 16.2. The first-order chi connectivity index (χ1) is 12.4. The SMILES string of the molecule is Cc1ccc([C@@H](CNC(=O)N(C)CCN(C)C2CCCC2)N(C)C)cc1. The molecular weight excluding hydrogens is 324 g/mol. The second-order valence-corrected chi connectivity index (χ2v) is 7.92. The van der Waals surface area contributed by atoms with E-state index in [2.05, 4.69) is 67.4 Å². The summed E-state index contributed by atoms with van der Waals surface area (Å²) in [6.45, 7) is 4.39. The number of carbonyl (C=O) groups is 1. The highest BCUT2D eigenvalue weighted by molar-refractivity contribution is 5.73. The number of nitrogens with one attached hydrogen (secondary N) is 1. The minimum atomic E-state index is 0.00350. The molecule has 0 spiro atoms. The van der Waals surface area contributed by atoms with Crippen LogP contribution < -0.4 is 5.32 Å². The van der Waals surface area contributed by atoms with Crippen LogP contribution in [0.25, 0.3) is 0 Å². The Morgan fingerprint density at radius 2 is 1.69 bits per heavy atom. The van der Waals surface area contributed by atoms with E-state index in [0.717, 1.165) is 13.1 Å². The Balaban J connectivity index is 1.80. The van der Waals surface area contributed by atoms with Gasteiger partial charge < -0.3 is 20.0 Å². The zero-order chi connectivity index (χ0) is 19.1. The van der Waals surface area contributed by atoms with Gasteiger partial charge in [0.2, 0.25) is 0 Å². The number of hydrogen-bond acceptors (Lipinski definition) is 3. The number of amides is 2. The molecule has 1 aliphatic carbocycles. The fourth-order valence-electron chi connectivity index (χ4n) is 3.64. The molecule has 0 aromatic heterocycles. The first-order valence-corrected chi connectivity index (χ1v) is 9.80. The van der Waals surface area contributed by atoms with Crippen molar-refractivity contribution < 1.29 is 4.79 Å². The molecule has 0 aliphatic heterocycles. The summed E-state index contributed by atoms with van der Waals surface area (Å²) in [5, 5.41) is 3.10. The Hall–Kier alpha value is -1.59. The van der Waals surface area contributed by atoms with Crippen LogP contribution in [0.3, 0.4) is 0 Å². The number of benzene rings is 1. The van der Waals surface area contributed by atoms with Crippen LogP contribution in [0.1, 0.15) is 42.9 Å². The Morgan fingerprint density at radius 1 is 1.08 bits per heavy atom. The van der Waals surface area contributed by atoms with Gasteiger partial charge in [0.1, 0.15) is 0 Å². The van der Waals surface area contributed by atoms with Crippen molar-refractivity contribution in [3.05, 3.63) is 35.4 Å². The number of carbonyl (C=O) groups excluding carboxylic acids is 1. The largest absolute Gasteiger partial charge is 0.336 e. The van der Waals surface area contributed by atoms with E-state index in [1.807, 2.05) is 7.05 Å². The highest BCUT2D eigenvalue weighted by Gasteiger charge is 2.20. The van der Waals surface area contributed by atoms with Crippen LogP contribution >= 0.6 is 0 Å². The van der Waals surface area contributed by atoms with Gasteiger partial charge in [-0.2, -0.15) is 0 Å². The minimum absolute atomic E-state index is 0.00350.